The molecule has 2 aromatic rings. The minimum absolute atomic E-state index is 0.159. The fourth-order valence-electron chi connectivity index (χ4n) is 3.11. The standard InChI is InChI=1S/C19H27N5O3S2/c1-13(2)17(25)21-18-22-23-19(28-18)29(26,27)20-11-15-6-8-16(9-7-15)24-10-4-5-14(3)12-24/h6-9,13-14,20H,4-5,10-12H2,1-3H3,(H,21,22,25)/t14-/m1/s1. The molecule has 0 saturated carbocycles. The zero-order valence-corrected chi connectivity index (χ0v) is 18.5. The van der Waals surface area contributed by atoms with Crippen molar-refractivity contribution in [1.82, 2.24) is 14.9 Å². The number of sulfonamides is 1. The average Bonchev–Trinajstić information content (AvgIpc) is 3.16. The zero-order valence-electron chi connectivity index (χ0n) is 16.9. The van der Waals surface area contributed by atoms with Gasteiger partial charge in [0.05, 0.1) is 0 Å². The van der Waals surface area contributed by atoms with Crippen LogP contribution in [0, 0.1) is 11.8 Å². The van der Waals surface area contributed by atoms with E-state index in [1.807, 2.05) is 24.3 Å². The van der Waals surface area contributed by atoms with Crippen LogP contribution >= 0.6 is 11.3 Å². The number of carbonyl (C=O) groups excluding carboxylic acids is 1. The third-order valence-corrected chi connectivity index (χ3v) is 7.42. The van der Waals surface area contributed by atoms with E-state index in [2.05, 4.69) is 32.1 Å². The highest BCUT2D eigenvalue weighted by Gasteiger charge is 2.21. The Balaban J connectivity index is 1.59. The maximum absolute atomic E-state index is 12.5. The first-order valence-electron chi connectivity index (χ1n) is 9.72. The third kappa shape index (κ3) is 5.74. The molecule has 10 heteroatoms. The molecule has 8 nitrogen and oxygen atoms in total. The van der Waals surface area contributed by atoms with Crippen LogP contribution in [0.4, 0.5) is 10.8 Å². The molecule has 0 unspecified atom stereocenters. The van der Waals surface area contributed by atoms with Crippen LogP contribution in [0.25, 0.3) is 0 Å². The lowest BCUT2D eigenvalue weighted by molar-refractivity contribution is -0.118. The molecule has 0 radical (unpaired) electrons. The molecule has 158 valence electrons. The summed E-state index contributed by atoms with van der Waals surface area (Å²) in [5.74, 6) is 0.229. The van der Waals surface area contributed by atoms with Crippen molar-refractivity contribution in [2.75, 3.05) is 23.3 Å². The normalized spacial score (nSPS) is 17.5. The summed E-state index contributed by atoms with van der Waals surface area (Å²) in [5, 5.41) is 10.2. The van der Waals surface area contributed by atoms with E-state index in [9.17, 15) is 13.2 Å². The van der Waals surface area contributed by atoms with Gasteiger partial charge in [0.2, 0.25) is 15.4 Å². The molecule has 2 N–H and O–H groups in total. The number of carbonyl (C=O) groups is 1. The summed E-state index contributed by atoms with van der Waals surface area (Å²) in [6, 6.07) is 7.94. The number of nitrogens with zero attached hydrogens (tertiary/aromatic N) is 3. The van der Waals surface area contributed by atoms with Crippen molar-refractivity contribution < 1.29 is 13.2 Å². The maximum atomic E-state index is 12.5. The first-order chi connectivity index (χ1) is 13.7. The predicted octanol–water partition coefficient (Wildman–Crippen LogP) is 2.85. The lowest BCUT2D eigenvalue weighted by atomic mass is 9.99. The van der Waals surface area contributed by atoms with Gasteiger partial charge in [-0.1, -0.05) is 44.2 Å². The second-order valence-electron chi connectivity index (χ2n) is 7.70. The van der Waals surface area contributed by atoms with Gasteiger partial charge >= 0.3 is 0 Å². The highest BCUT2D eigenvalue weighted by atomic mass is 32.2. The Labute approximate surface area is 175 Å². The number of amides is 1. The Morgan fingerprint density at radius 3 is 2.66 bits per heavy atom. The summed E-state index contributed by atoms with van der Waals surface area (Å²) >= 11 is 0.831. The highest BCUT2D eigenvalue weighted by Crippen LogP contribution is 2.24. The minimum Gasteiger partial charge on any atom is -0.371 e. The van der Waals surface area contributed by atoms with E-state index >= 15 is 0 Å². The van der Waals surface area contributed by atoms with Crippen molar-refractivity contribution in [3.63, 3.8) is 0 Å². The molecule has 1 fully saturated rings. The van der Waals surface area contributed by atoms with Crippen molar-refractivity contribution >= 4 is 38.1 Å². The van der Waals surface area contributed by atoms with Crippen LogP contribution in [0.5, 0.6) is 0 Å². The second kappa shape index (κ2) is 9.19. The molecule has 1 aliphatic heterocycles. The Kier molecular flexibility index (Phi) is 6.86. The Morgan fingerprint density at radius 1 is 1.28 bits per heavy atom. The Morgan fingerprint density at radius 2 is 2.00 bits per heavy atom. The van der Waals surface area contributed by atoms with Gasteiger partial charge in [-0.2, -0.15) is 0 Å². The van der Waals surface area contributed by atoms with Crippen LogP contribution in [0.2, 0.25) is 0 Å². The first kappa shape index (κ1) is 21.7. The van der Waals surface area contributed by atoms with Crippen molar-refractivity contribution in [3.05, 3.63) is 29.8 Å². The second-order valence-corrected chi connectivity index (χ2v) is 10.6. The largest absolute Gasteiger partial charge is 0.371 e. The number of anilines is 2. The summed E-state index contributed by atoms with van der Waals surface area (Å²) in [6.45, 7) is 8.02. The van der Waals surface area contributed by atoms with Gasteiger partial charge in [-0.25, -0.2) is 13.1 Å². The van der Waals surface area contributed by atoms with Gasteiger partial charge < -0.3 is 10.2 Å². The topological polar surface area (TPSA) is 104 Å². The molecule has 1 amide bonds. The van der Waals surface area contributed by atoms with Crippen LogP contribution in [0.3, 0.4) is 0 Å². The molecule has 1 aromatic heterocycles. The quantitative estimate of drug-likeness (QED) is 0.646. The summed E-state index contributed by atoms with van der Waals surface area (Å²) in [6.07, 6.45) is 2.47. The zero-order chi connectivity index (χ0) is 21.0. The minimum atomic E-state index is -3.80. The highest BCUT2D eigenvalue weighted by molar-refractivity contribution is 7.91. The molecule has 2 heterocycles. The average molecular weight is 438 g/mol. The fraction of sp³-hybridized carbons (Fsp3) is 0.526. The van der Waals surface area contributed by atoms with Gasteiger partial charge in [0.25, 0.3) is 10.0 Å². The fourth-order valence-corrected chi connectivity index (χ4v) is 5.07. The molecule has 29 heavy (non-hydrogen) atoms. The molecule has 1 aromatic carbocycles. The monoisotopic (exact) mass is 437 g/mol. The smallest absolute Gasteiger partial charge is 0.270 e. The SMILES string of the molecule is CC(C)C(=O)Nc1nnc(S(=O)(=O)NCc2ccc(N3CCC[C@@H](C)C3)cc2)s1. The van der Waals surface area contributed by atoms with Crippen LogP contribution in [-0.4, -0.2) is 37.6 Å². The number of aromatic nitrogens is 2. The summed E-state index contributed by atoms with van der Waals surface area (Å²) < 4.78 is 27.3. The van der Waals surface area contributed by atoms with Gasteiger partial charge in [0, 0.05) is 31.2 Å². The molecule has 1 atom stereocenters. The number of hydrogen-bond donors (Lipinski definition) is 2. The van der Waals surface area contributed by atoms with Gasteiger partial charge in [-0.3, -0.25) is 4.79 Å². The lowest BCUT2D eigenvalue weighted by Crippen LogP contribution is -2.34. The van der Waals surface area contributed by atoms with Gasteiger partial charge in [0.15, 0.2) is 0 Å². The van der Waals surface area contributed by atoms with Crippen molar-refractivity contribution in [1.29, 1.82) is 0 Å². The molecular formula is C19H27N5O3S2. The van der Waals surface area contributed by atoms with Gasteiger partial charge in [-0.15, -0.1) is 10.2 Å². The predicted molar refractivity (Wildman–Crippen MR) is 114 cm³/mol. The molecule has 1 aliphatic rings. The first-order valence-corrected chi connectivity index (χ1v) is 12.0. The van der Waals surface area contributed by atoms with Crippen LogP contribution < -0.4 is 14.9 Å². The molecule has 0 spiro atoms. The Hall–Kier alpha value is -2.04. The van der Waals surface area contributed by atoms with Crippen molar-refractivity contribution in [3.8, 4) is 0 Å². The number of piperidine rings is 1. The number of nitrogens with one attached hydrogen (secondary N) is 2. The summed E-state index contributed by atoms with van der Waals surface area (Å²) in [5.41, 5.74) is 2.03. The van der Waals surface area contributed by atoms with E-state index in [-0.39, 0.29) is 27.8 Å². The molecule has 0 bridgehead atoms. The molecular weight excluding hydrogens is 410 g/mol. The maximum Gasteiger partial charge on any atom is 0.270 e. The molecule has 1 saturated heterocycles. The van der Waals surface area contributed by atoms with E-state index in [4.69, 9.17) is 0 Å². The van der Waals surface area contributed by atoms with E-state index in [1.165, 1.54) is 12.8 Å². The van der Waals surface area contributed by atoms with E-state index < -0.39 is 10.0 Å². The van der Waals surface area contributed by atoms with E-state index in [1.54, 1.807) is 13.8 Å². The van der Waals surface area contributed by atoms with E-state index in [0.717, 1.165) is 35.7 Å². The lowest BCUT2D eigenvalue weighted by Gasteiger charge is -2.32. The Bertz CT molecular complexity index is 941. The summed E-state index contributed by atoms with van der Waals surface area (Å²) in [7, 11) is -3.80. The third-order valence-electron chi connectivity index (χ3n) is 4.82. The van der Waals surface area contributed by atoms with Crippen LogP contribution in [0.1, 0.15) is 39.2 Å². The number of benzene rings is 1. The molecule has 0 aliphatic carbocycles. The van der Waals surface area contributed by atoms with Gasteiger partial charge in [-0.05, 0) is 36.5 Å². The van der Waals surface area contributed by atoms with Gasteiger partial charge in [0.1, 0.15) is 0 Å². The van der Waals surface area contributed by atoms with Crippen molar-refractivity contribution in [2.24, 2.45) is 11.8 Å². The number of hydrogen-bond acceptors (Lipinski definition) is 7. The van der Waals surface area contributed by atoms with Crippen LogP contribution in [-0.2, 0) is 21.4 Å². The molecule has 3 rings (SSSR count). The van der Waals surface area contributed by atoms with Crippen molar-refractivity contribution in [2.45, 2.75) is 44.5 Å². The van der Waals surface area contributed by atoms with Crippen LogP contribution in [0.15, 0.2) is 28.6 Å². The summed E-state index contributed by atoms with van der Waals surface area (Å²) in [4.78, 5) is 14.1. The number of rotatable bonds is 7. The van der Waals surface area contributed by atoms with E-state index in [0.29, 0.717) is 5.92 Å².